The molecule has 143 heavy (non-hydrogen) atoms. The molecule has 10 aliphatic carbocycles. The Morgan fingerprint density at radius 3 is 1.02 bits per heavy atom. The molecule has 45 nitrogen and oxygen atoms in total. The highest BCUT2D eigenvalue weighted by Gasteiger charge is 2.66. The summed E-state index contributed by atoms with van der Waals surface area (Å²) in [6.45, 7) is 3.23. The third-order valence-corrected chi connectivity index (χ3v) is 45.5. The Morgan fingerprint density at radius 1 is 0.413 bits per heavy atom. The lowest BCUT2D eigenvalue weighted by atomic mass is 10.0. The molecule has 10 saturated carbocycles. The van der Waals surface area contributed by atoms with Crippen LogP contribution < -0.4 is 11.5 Å². The molecular weight excluding hydrogens is 1950 g/mol. The number of carboxylic acids is 2. The van der Waals surface area contributed by atoms with E-state index in [1.165, 1.54) is 23.4 Å². The number of oxime groups is 1. The summed E-state index contributed by atoms with van der Waals surface area (Å²) in [7, 11) is -7.72. The zero-order chi connectivity index (χ0) is 102. The van der Waals surface area contributed by atoms with Crippen LogP contribution in [-0.2, 0) is 134 Å². The van der Waals surface area contributed by atoms with Gasteiger partial charge in [0.05, 0.1) is 86.1 Å². The third kappa shape index (κ3) is 18.7. The lowest BCUT2D eigenvalue weighted by Gasteiger charge is -2.31. The van der Waals surface area contributed by atoms with Gasteiger partial charge >= 0.3 is 11.9 Å². The Kier molecular flexibility index (Phi) is 25.8. The van der Waals surface area contributed by atoms with E-state index in [1.54, 1.807) is 96.1 Å². The van der Waals surface area contributed by atoms with Gasteiger partial charge in [-0.1, -0.05) is 34.6 Å². The number of nitriles is 3. The van der Waals surface area contributed by atoms with E-state index in [-0.39, 0.29) is 118 Å². The number of carbonyl (C=O) groups is 8. The number of fused-ring (bicyclic) bond motifs is 5. The van der Waals surface area contributed by atoms with Crippen molar-refractivity contribution in [1.29, 1.82) is 15.8 Å². The first kappa shape index (κ1) is 100.0. The van der Waals surface area contributed by atoms with Gasteiger partial charge in [0.15, 0.2) is 72.1 Å². The van der Waals surface area contributed by atoms with Crippen molar-refractivity contribution in [2.75, 3.05) is 65.4 Å². The Bertz CT molecular complexity index is 7250. The topological polar surface area (TPSA) is 648 Å². The molecule has 10 fully saturated rings. The summed E-state index contributed by atoms with van der Waals surface area (Å²) < 4.78 is 136. The van der Waals surface area contributed by atoms with Crippen molar-refractivity contribution in [1.82, 2.24) is 83.5 Å². The molecule has 6 amide bonds. The number of rotatable bonds is 28. The number of primary amides is 1. The van der Waals surface area contributed by atoms with Gasteiger partial charge in [0, 0.05) is 129 Å². The Balaban J connectivity index is 0.000000115. The van der Waals surface area contributed by atoms with Gasteiger partial charge in [-0.25, -0.2) is 46.9 Å². The fraction of sp³-hybridized carbons (Fsp3) is 0.559. The Labute approximate surface area is 823 Å². The maximum atomic E-state index is 13.4. The molecule has 758 valence electrons. The van der Waals surface area contributed by atoms with Crippen LogP contribution in [0.5, 0.6) is 0 Å². The van der Waals surface area contributed by atoms with E-state index >= 15 is 0 Å². The third-order valence-electron chi connectivity index (χ3n) is 30.1. The number of amidine groups is 1. The second-order valence-corrected chi connectivity index (χ2v) is 53.3. The van der Waals surface area contributed by atoms with Crippen LogP contribution in [0.15, 0.2) is 58.2 Å². The number of carbonyl (C=O) groups excluding carboxylic acids is 6. The molecule has 8 aromatic rings. The van der Waals surface area contributed by atoms with Crippen molar-refractivity contribution in [2.45, 2.75) is 223 Å². The molecule has 0 bridgehead atoms. The molecule has 0 unspecified atom stereocenters. The molecule has 23 rings (SSSR count). The number of carboxylic acid groups (broad SMARTS) is 2. The number of sulfone groups is 5. The van der Waals surface area contributed by atoms with E-state index in [2.05, 4.69) is 46.9 Å². The van der Waals surface area contributed by atoms with Crippen molar-refractivity contribution in [2.24, 2.45) is 51.9 Å². The van der Waals surface area contributed by atoms with E-state index in [0.29, 0.717) is 226 Å². The van der Waals surface area contributed by atoms with Crippen LogP contribution in [0.2, 0.25) is 0 Å². The summed E-state index contributed by atoms with van der Waals surface area (Å²) in [5.41, 5.74) is 19.8. The van der Waals surface area contributed by atoms with Crippen LogP contribution in [-0.4, -0.2) is 310 Å². The van der Waals surface area contributed by atoms with E-state index in [4.69, 9.17) is 42.1 Å². The zero-order valence-electron chi connectivity index (χ0n) is 79.4. The summed E-state index contributed by atoms with van der Waals surface area (Å²) in [4.78, 5) is 110. The second-order valence-electron chi connectivity index (χ2n) is 40.2. The molecule has 0 radical (unpaired) electrons. The predicted octanol–water partition coefficient (Wildman–Crippen LogP) is 3.10. The number of aromatic nitrogens is 12. The van der Waals surface area contributed by atoms with Gasteiger partial charge in [-0.2, -0.15) is 46.3 Å². The fourth-order valence-electron chi connectivity index (χ4n) is 20.4. The summed E-state index contributed by atoms with van der Waals surface area (Å²) >= 11 is 0. The van der Waals surface area contributed by atoms with Gasteiger partial charge in [0.25, 0.3) is 35.4 Å². The number of hydrogen-bond acceptors (Lipinski definition) is 31. The lowest BCUT2D eigenvalue weighted by Crippen LogP contribution is -2.46. The van der Waals surface area contributed by atoms with Gasteiger partial charge < -0.3 is 55.9 Å². The minimum Gasteiger partial charge on any atom is -0.481 e. The van der Waals surface area contributed by atoms with Crippen LogP contribution >= 0.6 is 0 Å². The van der Waals surface area contributed by atoms with Crippen LogP contribution in [0.3, 0.4) is 0 Å². The van der Waals surface area contributed by atoms with Crippen LogP contribution in [0.25, 0.3) is 11.5 Å². The van der Waals surface area contributed by atoms with Crippen molar-refractivity contribution in [3.63, 3.8) is 0 Å². The van der Waals surface area contributed by atoms with Crippen molar-refractivity contribution < 1.29 is 100 Å². The molecule has 0 spiro atoms. The summed E-state index contributed by atoms with van der Waals surface area (Å²) in [5, 5.41) is 79.7. The monoisotopic (exact) mass is 2060 g/mol. The maximum absolute atomic E-state index is 13.4. The first-order chi connectivity index (χ1) is 67.8. The molecule has 2 aromatic carbocycles. The van der Waals surface area contributed by atoms with Crippen LogP contribution in [0.1, 0.15) is 269 Å². The van der Waals surface area contributed by atoms with Crippen molar-refractivity contribution >= 4 is 102 Å². The fourth-order valence-corrected chi connectivity index (χ4v) is 32.8. The Hall–Kier alpha value is -13.1. The zero-order valence-corrected chi connectivity index (χ0v) is 83.4. The van der Waals surface area contributed by atoms with E-state index in [9.17, 15) is 85.6 Å². The largest absolute Gasteiger partial charge is 0.481 e. The molecule has 6 aromatic heterocycles. The average Bonchev–Trinajstić information content (AvgIpc) is 1.54. The van der Waals surface area contributed by atoms with Gasteiger partial charge in [-0.05, 0) is 196 Å². The number of benzene rings is 2. The highest BCUT2D eigenvalue weighted by atomic mass is 32.2. The number of aromatic carboxylic acids is 1. The minimum absolute atomic E-state index is 0.00566. The number of aliphatic carboxylic acids is 1. The molecule has 5 aliphatic heterocycles. The SMILES string of the molecule is Cn1nc(-c2noc(Cc3ccc(C#N)cc3)n2)c2c1C(=O)N(CC1(S(=O)(=O)C3CC3)CC1)CC2.Cn1nc(/C(N)=N/O)c2c1C(=O)N(CC1(S(=O)(=O)C3CC3)CC1)CC2.Cn1nc(C#N)c2c1C(=O)N(CC1(S(=O)(=O)C3CC3)CC1)CC2.Cn1nc(C(=O)O)c2c1C(=O)N(CC1(S(=O)(=O)C3CC3)CC1)CC2.Cn1nc(C(N)=O)c2c1C(=O)N(CC1(S(=O)(=O)C3CC3)CC1)CC2.N#Cc1ccc(CC(=O)O)cc1. The molecule has 7 N–H and O–H groups in total. The smallest absolute Gasteiger partial charge is 0.356 e. The highest BCUT2D eigenvalue weighted by molar-refractivity contribution is 7.95. The molecule has 15 aliphatic rings. The number of nitrogens with two attached hydrogens (primary N) is 2. The standard InChI is InChI=1S/C24H24N6O4S.C15H21N5O4S.C15H20N4O4S.C15H18N4O3S.C15H19N3O5S.C9H7NO2/c1-29-21-18(8-11-30(23(21)31)14-24(9-10-24)35(32,33)17-6-7-17)20(27-29)22-26-19(34-28-22)12-15-2-4-16(13-25)5-3-15;1-19-12-10(11(17-19)13(16)18-22)4-7-20(14(12)21)8-15(5-6-15)25(23,24)9-2-3-9;1-18-12-10(11(17-18)13(16)20)4-7-19(14(12)21)8-15(5-6-15)24(22,23)9-2-3-9;1-18-13-11(12(8-16)17-18)4-7-19(14(13)20)9-15(5-6-15)23(21,22)10-2-3-10;1-17-12-10(11(16-17)14(20)21)4-7-18(13(12)19)8-15(5-6-15)24(22,23)9-2-3-9;10-6-8-3-1-7(2-4-8)5-9(11)12/h2-5,17H,6-12,14H2,1H3;9,22H,2-8H2,1H3,(H2,16,18);9H,2-8H2,1H3,(H2,16,20);10H,2-7,9H2,1H3;9H,2-8H2,1H3,(H,20,21);1-4H,5H2,(H,11,12). The van der Waals surface area contributed by atoms with E-state index in [0.717, 1.165) is 75.3 Å². The highest BCUT2D eigenvalue weighted by Crippen LogP contribution is 2.56. The van der Waals surface area contributed by atoms with Crippen molar-refractivity contribution in [3.8, 4) is 29.7 Å². The maximum Gasteiger partial charge on any atom is 0.356 e. The van der Waals surface area contributed by atoms with Crippen LogP contribution in [0.4, 0.5) is 0 Å². The van der Waals surface area contributed by atoms with Gasteiger partial charge in [0.1, 0.15) is 45.9 Å². The van der Waals surface area contributed by atoms with Crippen molar-refractivity contribution in [3.05, 3.63) is 156 Å². The quantitative estimate of drug-likeness (QED) is 0.0203. The predicted molar refractivity (Wildman–Crippen MR) is 506 cm³/mol. The van der Waals surface area contributed by atoms with Crippen LogP contribution in [0, 0.1) is 34.0 Å². The number of hydrogen-bond donors (Lipinski definition) is 5. The number of aryl methyl sites for hydroxylation is 5. The Morgan fingerprint density at radius 2 is 0.706 bits per heavy atom. The summed E-state index contributed by atoms with van der Waals surface area (Å²) in [6, 6.07) is 19.7. The first-order valence-electron chi connectivity index (χ1n) is 47.6. The number of nitrogens with zero attached hydrogens (tertiary/aromatic N) is 21. The van der Waals surface area contributed by atoms with E-state index in [1.807, 2.05) is 24.3 Å². The molecule has 0 saturated heterocycles. The van der Waals surface area contributed by atoms with Gasteiger partial charge in [-0.15, -0.1) is 0 Å². The lowest BCUT2D eigenvalue weighted by molar-refractivity contribution is -0.136. The molecule has 0 atom stereocenters. The summed E-state index contributed by atoms with van der Waals surface area (Å²) in [6.07, 6.45) is 16.6. The normalized spacial score (nSPS) is 20.5. The second kappa shape index (κ2) is 36.9. The van der Waals surface area contributed by atoms with Gasteiger partial charge in [-0.3, -0.25) is 57.0 Å². The molecule has 50 heteroatoms. The number of amides is 6. The molecule has 11 heterocycles. The first-order valence-corrected chi connectivity index (χ1v) is 55.4. The van der Waals surface area contributed by atoms with E-state index < -0.39 is 90.8 Å². The summed E-state index contributed by atoms with van der Waals surface area (Å²) in [5.74, 6) is -3.31. The minimum atomic E-state index is -3.19. The van der Waals surface area contributed by atoms with Gasteiger partial charge in [0.2, 0.25) is 11.7 Å². The molecular formula is C93H109N23O22S5. The average molecular weight is 2060 g/mol.